The van der Waals surface area contributed by atoms with Crippen molar-refractivity contribution in [2.24, 2.45) is 0 Å². The van der Waals surface area contributed by atoms with Crippen molar-refractivity contribution in [2.75, 3.05) is 0 Å². The quantitative estimate of drug-likeness (QED) is 0.641. The third-order valence-electron chi connectivity index (χ3n) is 2.72. The first-order valence-electron chi connectivity index (χ1n) is 5.95. The second-order valence-corrected chi connectivity index (χ2v) is 4.53. The van der Waals surface area contributed by atoms with E-state index in [0.717, 1.165) is 16.0 Å². The van der Waals surface area contributed by atoms with Gasteiger partial charge in [0.1, 0.15) is 5.75 Å². The van der Waals surface area contributed by atoms with E-state index >= 15 is 0 Å². The van der Waals surface area contributed by atoms with Crippen LogP contribution in [0.2, 0.25) is 0 Å². The minimum Gasteiger partial charge on any atom is -0.616 e. The first-order valence-corrected chi connectivity index (χ1v) is 5.95. The van der Waals surface area contributed by atoms with Gasteiger partial charge in [0.05, 0.1) is 11.7 Å². The topological polar surface area (TPSA) is 49.3 Å². The summed E-state index contributed by atoms with van der Waals surface area (Å²) in [6.45, 7) is 7.46. The second-order valence-electron chi connectivity index (χ2n) is 4.53. The van der Waals surface area contributed by atoms with Gasteiger partial charge in [0, 0.05) is 13.8 Å². The van der Waals surface area contributed by atoms with Gasteiger partial charge in [0.25, 0.3) is 0 Å². The molecule has 5 heteroatoms. The van der Waals surface area contributed by atoms with Crippen LogP contribution in [0.15, 0.2) is 28.7 Å². The fourth-order valence-electron chi connectivity index (χ4n) is 1.68. The average Bonchev–Trinajstić information content (AvgIpc) is 2.57. The van der Waals surface area contributed by atoms with E-state index < -0.39 is 0 Å². The number of nitrogens with zero attached hydrogens (tertiary/aromatic N) is 1. The molecule has 0 aliphatic heterocycles. The summed E-state index contributed by atoms with van der Waals surface area (Å²) in [7, 11) is 0. The second kappa shape index (κ2) is 5.97. The highest BCUT2D eigenvalue weighted by Gasteiger charge is 2.20. The lowest BCUT2D eigenvalue weighted by Gasteiger charge is -2.09. The maximum absolute atomic E-state index is 11.8. The third-order valence-corrected chi connectivity index (χ3v) is 2.72. The minimum atomic E-state index is 0. The van der Waals surface area contributed by atoms with Crippen LogP contribution in [-0.2, 0) is 0 Å². The molecule has 104 valence electrons. The standard InChI is InChI=1S/C14H17NO3.ClH/c1-9(2)17-13-7-5-12(6-8-13)14-15(16)10(3)11(4)18-14;/h5-9H,1-4H3;1H. The van der Waals surface area contributed by atoms with E-state index in [-0.39, 0.29) is 18.5 Å². The monoisotopic (exact) mass is 283 g/mol. The summed E-state index contributed by atoms with van der Waals surface area (Å²) in [5.41, 5.74) is 1.34. The fourth-order valence-corrected chi connectivity index (χ4v) is 1.68. The van der Waals surface area contributed by atoms with E-state index in [1.54, 1.807) is 13.8 Å². The number of hydrogen-bond acceptors (Lipinski definition) is 3. The number of ether oxygens (including phenoxy) is 1. The Labute approximate surface area is 119 Å². The van der Waals surface area contributed by atoms with Gasteiger partial charge in [-0.05, 0) is 38.1 Å². The molecule has 0 aliphatic carbocycles. The van der Waals surface area contributed by atoms with Crippen molar-refractivity contribution in [2.45, 2.75) is 33.8 Å². The van der Waals surface area contributed by atoms with Crippen LogP contribution >= 0.6 is 12.4 Å². The van der Waals surface area contributed by atoms with Crippen molar-refractivity contribution in [1.29, 1.82) is 0 Å². The average molecular weight is 284 g/mol. The number of rotatable bonds is 3. The molecular formula is C14H18ClNO3. The lowest BCUT2D eigenvalue weighted by atomic mass is 10.2. The lowest BCUT2D eigenvalue weighted by Crippen LogP contribution is -2.29. The summed E-state index contributed by atoms with van der Waals surface area (Å²) < 4.78 is 11.8. The zero-order valence-corrected chi connectivity index (χ0v) is 12.3. The van der Waals surface area contributed by atoms with Gasteiger partial charge in [-0.3, -0.25) is 0 Å². The molecule has 0 saturated heterocycles. The molecule has 0 bridgehead atoms. The van der Waals surface area contributed by atoms with Crippen LogP contribution in [0.5, 0.6) is 5.75 Å². The predicted molar refractivity (Wildman–Crippen MR) is 75.6 cm³/mol. The molecule has 0 spiro atoms. The lowest BCUT2D eigenvalue weighted by molar-refractivity contribution is -0.602. The van der Waals surface area contributed by atoms with Crippen molar-refractivity contribution in [1.82, 2.24) is 0 Å². The highest BCUT2D eigenvalue weighted by Crippen LogP contribution is 2.22. The molecule has 2 aromatic rings. The Morgan fingerprint density at radius 2 is 1.74 bits per heavy atom. The van der Waals surface area contributed by atoms with Gasteiger partial charge in [0.15, 0.2) is 5.76 Å². The molecule has 0 aliphatic rings. The smallest absolute Gasteiger partial charge is 0.392 e. The summed E-state index contributed by atoms with van der Waals surface area (Å²) in [6, 6.07) is 7.32. The largest absolute Gasteiger partial charge is 0.616 e. The molecule has 0 saturated carbocycles. The minimum absolute atomic E-state index is 0. The van der Waals surface area contributed by atoms with Crippen LogP contribution in [0.4, 0.5) is 0 Å². The van der Waals surface area contributed by atoms with Crippen molar-refractivity contribution in [3.8, 4) is 17.2 Å². The Kier molecular flexibility index (Phi) is 4.84. The number of aromatic nitrogens is 1. The zero-order valence-electron chi connectivity index (χ0n) is 11.5. The molecule has 1 aromatic heterocycles. The Balaban J connectivity index is 0.00000180. The highest BCUT2D eigenvalue weighted by atomic mass is 35.5. The van der Waals surface area contributed by atoms with Crippen LogP contribution < -0.4 is 9.47 Å². The van der Waals surface area contributed by atoms with E-state index in [0.29, 0.717) is 17.3 Å². The SMILES string of the molecule is Cc1oc(-c2ccc(OC(C)C)cc2)[n+]([O-])c1C.Cl. The van der Waals surface area contributed by atoms with Crippen molar-refractivity contribution < 1.29 is 13.9 Å². The van der Waals surface area contributed by atoms with Gasteiger partial charge in [-0.15, -0.1) is 17.1 Å². The van der Waals surface area contributed by atoms with Gasteiger partial charge < -0.3 is 14.4 Å². The fraction of sp³-hybridized carbons (Fsp3) is 0.357. The van der Waals surface area contributed by atoms with Crippen LogP contribution in [0.3, 0.4) is 0 Å². The maximum Gasteiger partial charge on any atom is 0.392 e. The van der Waals surface area contributed by atoms with E-state index in [1.165, 1.54) is 0 Å². The van der Waals surface area contributed by atoms with Crippen LogP contribution in [0.1, 0.15) is 25.3 Å². The van der Waals surface area contributed by atoms with Gasteiger partial charge in [-0.2, -0.15) is 0 Å². The molecule has 1 aromatic carbocycles. The zero-order chi connectivity index (χ0) is 13.3. The Hall–Kier alpha value is -1.68. The van der Waals surface area contributed by atoms with Crippen molar-refractivity contribution in [3.63, 3.8) is 0 Å². The summed E-state index contributed by atoms with van der Waals surface area (Å²) in [5, 5.41) is 11.8. The number of oxazole rings is 1. The number of halogens is 1. The summed E-state index contributed by atoms with van der Waals surface area (Å²) >= 11 is 0. The van der Waals surface area contributed by atoms with E-state index in [9.17, 15) is 5.21 Å². The van der Waals surface area contributed by atoms with E-state index in [4.69, 9.17) is 9.15 Å². The number of hydrogen-bond donors (Lipinski definition) is 0. The molecule has 0 radical (unpaired) electrons. The molecule has 0 unspecified atom stereocenters. The Morgan fingerprint density at radius 3 is 2.16 bits per heavy atom. The molecular weight excluding hydrogens is 266 g/mol. The summed E-state index contributed by atoms with van der Waals surface area (Å²) in [5.74, 6) is 1.75. The maximum atomic E-state index is 11.8. The first kappa shape index (κ1) is 15.4. The molecule has 0 fully saturated rings. The van der Waals surface area contributed by atoms with Crippen molar-refractivity contribution >= 4 is 12.4 Å². The van der Waals surface area contributed by atoms with E-state index in [1.807, 2.05) is 38.1 Å². The van der Waals surface area contributed by atoms with Gasteiger partial charge in [-0.25, -0.2) is 0 Å². The van der Waals surface area contributed by atoms with Crippen molar-refractivity contribution in [3.05, 3.63) is 40.9 Å². The normalized spacial score (nSPS) is 10.4. The third kappa shape index (κ3) is 3.20. The Bertz CT molecular complexity index is 547. The van der Waals surface area contributed by atoms with Gasteiger partial charge in [0.2, 0.25) is 5.69 Å². The number of benzene rings is 1. The van der Waals surface area contributed by atoms with Crippen LogP contribution in [0, 0.1) is 19.1 Å². The summed E-state index contributed by atoms with van der Waals surface area (Å²) in [4.78, 5) is 0. The van der Waals surface area contributed by atoms with Crippen LogP contribution in [0.25, 0.3) is 11.5 Å². The van der Waals surface area contributed by atoms with E-state index in [2.05, 4.69) is 0 Å². The first-order chi connectivity index (χ1) is 8.49. The van der Waals surface area contributed by atoms with Crippen LogP contribution in [-0.4, -0.2) is 6.10 Å². The van der Waals surface area contributed by atoms with Gasteiger partial charge >= 0.3 is 5.89 Å². The van der Waals surface area contributed by atoms with Gasteiger partial charge in [-0.1, -0.05) is 0 Å². The molecule has 0 amide bonds. The Morgan fingerprint density at radius 1 is 1.16 bits per heavy atom. The summed E-state index contributed by atoms with van der Waals surface area (Å²) in [6.07, 6.45) is 0.133. The molecule has 2 rings (SSSR count). The molecule has 19 heavy (non-hydrogen) atoms. The molecule has 4 nitrogen and oxygen atoms in total. The highest BCUT2D eigenvalue weighted by molar-refractivity contribution is 5.85. The molecule has 0 N–H and O–H groups in total. The number of aryl methyl sites for hydroxylation is 1. The molecule has 0 atom stereocenters. The predicted octanol–water partition coefficient (Wildman–Crippen LogP) is 3.41. The molecule has 1 heterocycles.